The van der Waals surface area contributed by atoms with Crippen LogP contribution < -0.4 is 10.3 Å². The zero-order valence-electron chi connectivity index (χ0n) is 8.05. The standard InChI is InChI=1S/C9H5Br2IN2O2/c1-4-2-5(10)3-6(11)7(4)14-8(12)9(15)16-13-14/h2-3H,1H3/p+1. The molecule has 0 aliphatic rings. The Morgan fingerprint density at radius 3 is 2.62 bits per heavy atom. The summed E-state index contributed by atoms with van der Waals surface area (Å²) in [4.78, 5) is 11.3. The first-order valence-electron chi connectivity index (χ1n) is 4.25. The number of rotatable bonds is 1. The van der Waals surface area contributed by atoms with E-state index in [2.05, 4.69) is 37.1 Å². The summed E-state index contributed by atoms with van der Waals surface area (Å²) in [6.45, 7) is 1.96. The van der Waals surface area contributed by atoms with Crippen molar-refractivity contribution in [2.45, 2.75) is 6.92 Å². The van der Waals surface area contributed by atoms with Crippen LogP contribution in [0.4, 0.5) is 0 Å². The van der Waals surface area contributed by atoms with E-state index in [0.29, 0.717) is 3.70 Å². The fourth-order valence-corrected chi connectivity index (χ4v) is 3.45. The minimum Gasteiger partial charge on any atom is -0.282 e. The van der Waals surface area contributed by atoms with Gasteiger partial charge in [0, 0.05) is 32.6 Å². The number of hydrogen-bond donors (Lipinski definition) is 1. The minimum atomic E-state index is -0.380. The number of aromatic nitrogens is 2. The van der Waals surface area contributed by atoms with Crippen molar-refractivity contribution in [3.8, 4) is 5.69 Å². The summed E-state index contributed by atoms with van der Waals surface area (Å²) in [5, 5.41) is 2.57. The number of nitrogens with one attached hydrogen (secondary N) is 1. The molecule has 0 aliphatic carbocycles. The van der Waals surface area contributed by atoms with E-state index in [1.165, 1.54) is 0 Å². The van der Waals surface area contributed by atoms with Crippen molar-refractivity contribution in [2.24, 2.45) is 0 Å². The molecule has 1 N–H and O–H groups in total. The topological polar surface area (TPSA) is 49.9 Å². The van der Waals surface area contributed by atoms with E-state index >= 15 is 0 Å². The van der Waals surface area contributed by atoms with Crippen LogP contribution in [0.5, 0.6) is 0 Å². The third kappa shape index (κ3) is 2.12. The van der Waals surface area contributed by atoms with Gasteiger partial charge in [-0.25, -0.2) is 4.79 Å². The second-order valence-corrected chi connectivity index (χ2v) is 5.95. The van der Waals surface area contributed by atoms with Gasteiger partial charge in [0.2, 0.25) is 0 Å². The molecule has 0 radical (unpaired) electrons. The molecule has 1 heterocycles. The molecule has 2 rings (SSSR count). The van der Waals surface area contributed by atoms with Gasteiger partial charge in [-0.3, -0.25) is 4.52 Å². The maximum Gasteiger partial charge on any atom is 0.441 e. The van der Waals surface area contributed by atoms with E-state index in [1.807, 2.05) is 41.6 Å². The number of halogens is 3. The Hall–Kier alpha value is -0.150. The van der Waals surface area contributed by atoms with E-state index in [4.69, 9.17) is 4.52 Å². The number of benzene rings is 1. The van der Waals surface area contributed by atoms with Crippen LogP contribution in [0.2, 0.25) is 0 Å². The van der Waals surface area contributed by atoms with Gasteiger partial charge in [-0.2, -0.15) is 0 Å². The number of hydrogen-bond acceptors (Lipinski definition) is 2. The second kappa shape index (κ2) is 4.61. The first-order valence-corrected chi connectivity index (χ1v) is 6.92. The summed E-state index contributed by atoms with van der Waals surface area (Å²) >= 11 is 8.81. The van der Waals surface area contributed by atoms with Crippen molar-refractivity contribution in [3.05, 3.63) is 40.8 Å². The minimum absolute atomic E-state index is 0.380. The van der Waals surface area contributed by atoms with Gasteiger partial charge < -0.3 is 0 Å². The molecule has 0 fully saturated rings. The summed E-state index contributed by atoms with van der Waals surface area (Å²) in [6, 6.07) is 3.88. The fraction of sp³-hybridized carbons (Fsp3) is 0.111. The summed E-state index contributed by atoms with van der Waals surface area (Å²) in [5.74, 6) is 0. The number of H-pyrrole nitrogens is 1. The molecule has 0 atom stereocenters. The first kappa shape index (κ1) is 12.3. The molecule has 0 aliphatic heterocycles. The highest BCUT2D eigenvalue weighted by atomic mass is 127. The SMILES string of the molecule is Cc1cc(Br)cc(Br)c1-[n+]1[nH]oc(=O)c1I. The van der Waals surface area contributed by atoms with E-state index in [1.54, 1.807) is 4.68 Å². The molecule has 84 valence electrons. The van der Waals surface area contributed by atoms with E-state index in [-0.39, 0.29) is 5.63 Å². The highest BCUT2D eigenvalue weighted by Gasteiger charge is 2.25. The molecule has 2 aromatic rings. The largest absolute Gasteiger partial charge is 0.441 e. The Labute approximate surface area is 121 Å². The van der Waals surface area contributed by atoms with Gasteiger partial charge in [-0.15, -0.1) is 0 Å². The van der Waals surface area contributed by atoms with Crippen LogP contribution in [-0.4, -0.2) is 5.27 Å². The van der Waals surface area contributed by atoms with Crippen LogP contribution in [0.3, 0.4) is 0 Å². The summed E-state index contributed by atoms with van der Waals surface area (Å²) in [7, 11) is 0. The van der Waals surface area contributed by atoms with Crippen LogP contribution in [0.25, 0.3) is 5.69 Å². The normalized spacial score (nSPS) is 10.8. The zero-order chi connectivity index (χ0) is 11.9. The predicted molar refractivity (Wildman–Crippen MR) is 73.7 cm³/mol. The summed E-state index contributed by atoms with van der Waals surface area (Å²) in [5.41, 5.74) is 1.49. The highest BCUT2D eigenvalue weighted by Crippen LogP contribution is 2.25. The van der Waals surface area contributed by atoms with E-state index in [9.17, 15) is 4.79 Å². The van der Waals surface area contributed by atoms with Gasteiger partial charge >= 0.3 is 9.33 Å². The van der Waals surface area contributed by atoms with Gasteiger partial charge in [-0.1, -0.05) is 15.9 Å². The van der Waals surface area contributed by atoms with Gasteiger partial charge in [0.15, 0.2) is 0 Å². The van der Waals surface area contributed by atoms with Crippen molar-refractivity contribution in [2.75, 3.05) is 0 Å². The molecular weight excluding hydrogens is 455 g/mol. The second-order valence-electron chi connectivity index (χ2n) is 3.16. The van der Waals surface area contributed by atoms with Gasteiger partial charge in [-0.05, 0) is 44.9 Å². The monoisotopic (exact) mass is 459 g/mol. The zero-order valence-corrected chi connectivity index (χ0v) is 13.4. The van der Waals surface area contributed by atoms with Crippen LogP contribution in [0.15, 0.2) is 30.4 Å². The molecule has 0 amide bonds. The van der Waals surface area contributed by atoms with Crippen molar-refractivity contribution < 1.29 is 9.20 Å². The van der Waals surface area contributed by atoms with Crippen LogP contribution in [-0.2, 0) is 0 Å². The van der Waals surface area contributed by atoms with Crippen molar-refractivity contribution in [1.29, 1.82) is 0 Å². The van der Waals surface area contributed by atoms with E-state index in [0.717, 1.165) is 20.2 Å². The number of aromatic amines is 1. The van der Waals surface area contributed by atoms with Crippen LogP contribution in [0, 0.1) is 10.6 Å². The number of nitrogens with zero attached hydrogens (tertiary/aromatic N) is 1. The average Bonchev–Trinajstić information content (AvgIpc) is 2.48. The predicted octanol–water partition coefficient (Wildman–Crippen LogP) is 2.68. The van der Waals surface area contributed by atoms with Gasteiger partial charge in [0.25, 0.3) is 5.69 Å². The Morgan fingerprint density at radius 1 is 1.44 bits per heavy atom. The maximum absolute atomic E-state index is 11.3. The van der Waals surface area contributed by atoms with Crippen LogP contribution in [0.1, 0.15) is 5.56 Å². The molecule has 0 saturated heterocycles. The summed E-state index contributed by atoms with van der Waals surface area (Å²) in [6.07, 6.45) is 0. The van der Waals surface area contributed by atoms with Crippen molar-refractivity contribution in [3.63, 3.8) is 0 Å². The molecule has 1 aromatic heterocycles. The van der Waals surface area contributed by atoms with Crippen LogP contribution >= 0.6 is 54.5 Å². The van der Waals surface area contributed by atoms with E-state index < -0.39 is 0 Å². The third-order valence-electron chi connectivity index (χ3n) is 2.04. The lowest BCUT2D eigenvalue weighted by Crippen LogP contribution is -2.38. The average molecular weight is 461 g/mol. The van der Waals surface area contributed by atoms with Crippen molar-refractivity contribution in [1.82, 2.24) is 5.27 Å². The highest BCUT2D eigenvalue weighted by molar-refractivity contribution is 14.1. The number of aryl methyl sites for hydroxylation is 1. The molecule has 0 saturated carbocycles. The molecule has 0 unspecified atom stereocenters. The van der Waals surface area contributed by atoms with Gasteiger partial charge in [0.05, 0.1) is 4.47 Å². The molecule has 1 aromatic carbocycles. The Morgan fingerprint density at radius 2 is 2.12 bits per heavy atom. The van der Waals surface area contributed by atoms with Gasteiger partial charge in [0.1, 0.15) is 0 Å². The lowest BCUT2D eigenvalue weighted by molar-refractivity contribution is -0.683. The quantitative estimate of drug-likeness (QED) is 0.525. The Balaban J connectivity index is 2.74. The smallest absolute Gasteiger partial charge is 0.282 e. The molecule has 16 heavy (non-hydrogen) atoms. The molecule has 0 bridgehead atoms. The third-order valence-corrected chi connectivity index (χ3v) is 4.02. The Bertz CT molecular complexity index is 583. The molecule has 7 heteroatoms. The Kier molecular flexibility index (Phi) is 3.55. The molecule has 0 spiro atoms. The first-order chi connectivity index (χ1) is 7.50. The molecular formula is C9H6Br2IN2O2+. The fourth-order valence-electron chi connectivity index (χ4n) is 1.38. The van der Waals surface area contributed by atoms with Crippen molar-refractivity contribution >= 4 is 54.5 Å². The lowest BCUT2D eigenvalue weighted by atomic mass is 10.2. The summed E-state index contributed by atoms with van der Waals surface area (Å²) < 4.78 is 8.66. The molecule has 4 nitrogen and oxygen atoms in total. The maximum atomic E-state index is 11.3. The lowest BCUT2D eigenvalue weighted by Gasteiger charge is -2.00.